The quantitative estimate of drug-likeness (QED) is 0.934. The van der Waals surface area contributed by atoms with Gasteiger partial charge in [0.25, 0.3) is 0 Å². The first kappa shape index (κ1) is 13.8. The number of aliphatic carboxylic acids is 1. The average Bonchev–Trinajstić information content (AvgIpc) is 3.19. The number of hydrogen-bond donors (Lipinski definition) is 1. The molecule has 3 heterocycles. The summed E-state index contributed by atoms with van der Waals surface area (Å²) in [6, 6.07) is 1.12. The van der Waals surface area contributed by atoms with Crippen molar-refractivity contribution in [3.8, 4) is 10.6 Å². The highest BCUT2D eigenvalue weighted by atomic mass is 32.1. The number of amides is 1. The van der Waals surface area contributed by atoms with E-state index in [9.17, 15) is 9.59 Å². The fraction of sp³-hybridized carbons (Fsp3) is 0.357. The van der Waals surface area contributed by atoms with E-state index in [4.69, 9.17) is 9.52 Å². The van der Waals surface area contributed by atoms with E-state index < -0.39 is 12.0 Å². The maximum Gasteiger partial charge on any atom is 0.326 e. The summed E-state index contributed by atoms with van der Waals surface area (Å²) in [7, 11) is 0. The number of furan rings is 1. The Morgan fingerprint density at radius 2 is 2.38 bits per heavy atom. The minimum absolute atomic E-state index is 0.137. The Balaban J connectivity index is 1.69. The Bertz CT molecular complexity index is 650. The van der Waals surface area contributed by atoms with Gasteiger partial charge in [0.1, 0.15) is 17.3 Å². The van der Waals surface area contributed by atoms with Crippen molar-refractivity contribution in [1.82, 2.24) is 9.88 Å². The molecule has 0 aromatic carbocycles. The number of thiazole rings is 1. The first-order valence-electron chi connectivity index (χ1n) is 6.64. The molecule has 1 aliphatic heterocycles. The summed E-state index contributed by atoms with van der Waals surface area (Å²) in [5.74, 6) is -1.11. The molecule has 3 rings (SSSR count). The average molecular weight is 306 g/mol. The second kappa shape index (κ2) is 5.69. The van der Waals surface area contributed by atoms with Crippen molar-refractivity contribution < 1.29 is 19.1 Å². The molecule has 0 aliphatic carbocycles. The smallest absolute Gasteiger partial charge is 0.326 e. The molecule has 6 nitrogen and oxygen atoms in total. The highest BCUT2D eigenvalue weighted by Crippen LogP contribution is 2.25. The van der Waals surface area contributed by atoms with Crippen molar-refractivity contribution in [2.75, 3.05) is 6.54 Å². The largest absolute Gasteiger partial charge is 0.480 e. The summed E-state index contributed by atoms with van der Waals surface area (Å²) in [6.07, 6.45) is 4.57. The van der Waals surface area contributed by atoms with Gasteiger partial charge in [-0.25, -0.2) is 9.78 Å². The van der Waals surface area contributed by atoms with Crippen LogP contribution in [0.1, 0.15) is 18.5 Å². The molecule has 1 saturated heterocycles. The van der Waals surface area contributed by atoms with Crippen LogP contribution in [0, 0.1) is 0 Å². The van der Waals surface area contributed by atoms with E-state index in [-0.39, 0.29) is 12.3 Å². The lowest BCUT2D eigenvalue weighted by atomic mass is 10.2. The minimum Gasteiger partial charge on any atom is -0.480 e. The molecule has 1 fully saturated rings. The van der Waals surface area contributed by atoms with Gasteiger partial charge in [0, 0.05) is 17.5 Å². The molecule has 1 aliphatic rings. The molecular weight excluding hydrogens is 292 g/mol. The molecule has 2 aromatic heterocycles. The molecule has 0 unspecified atom stereocenters. The predicted molar refractivity (Wildman–Crippen MR) is 75.9 cm³/mol. The van der Waals surface area contributed by atoms with E-state index in [1.165, 1.54) is 16.2 Å². The van der Waals surface area contributed by atoms with E-state index in [0.29, 0.717) is 18.7 Å². The second-order valence-corrected chi connectivity index (χ2v) is 5.77. The van der Waals surface area contributed by atoms with Crippen LogP contribution < -0.4 is 0 Å². The van der Waals surface area contributed by atoms with Gasteiger partial charge in [-0.15, -0.1) is 11.3 Å². The second-order valence-electron chi connectivity index (χ2n) is 4.92. The number of rotatable bonds is 4. The van der Waals surface area contributed by atoms with E-state index in [1.807, 2.05) is 11.4 Å². The molecule has 0 saturated carbocycles. The number of nitrogens with zero attached hydrogens (tertiary/aromatic N) is 2. The molecule has 0 radical (unpaired) electrons. The summed E-state index contributed by atoms with van der Waals surface area (Å²) in [4.78, 5) is 29.2. The van der Waals surface area contributed by atoms with Crippen molar-refractivity contribution in [2.24, 2.45) is 0 Å². The molecule has 1 atom stereocenters. The van der Waals surface area contributed by atoms with Crippen LogP contribution in [0.2, 0.25) is 0 Å². The van der Waals surface area contributed by atoms with Gasteiger partial charge in [-0.1, -0.05) is 0 Å². The van der Waals surface area contributed by atoms with Crippen molar-refractivity contribution in [3.63, 3.8) is 0 Å². The summed E-state index contributed by atoms with van der Waals surface area (Å²) >= 11 is 1.44. The highest BCUT2D eigenvalue weighted by Gasteiger charge is 2.33. The van der Waals surface area contributed by atoms with Crippen molar-refractivity contribution in [3.05, 3.63) is 29.7 Å². The minimum atomic E-state index is -0.932. The molecule has 0 spiro atoms. The van der Waals surface area contributed by atoms with Crippen molar-refractivity contribution in [1.29, 1.82) is 0 Å². The number of carboxylic acid groups (broad SMARTS) is 1. The molecule has 0 bridgehead atoms. The van der Waals surface area contributed by atoms with Crippen LogP contribution in [0.5, 0.6) is 0 Å². The van der Waals surface area contributed by atoms with Crippen LogP contribution in [0.4, 0.5) is 0 Å². The summed E-state index contributed by atoms with van der Waals surface area (Å²) in [5.41, 5.74) is 1.54. The van der Waals surface area contributed by atoms with Gasteiger partial charge in [0.05, 0.1) is 18.4 Å². The van der Waals surface area contributed by atoms with Crippen LogP contribution in [-0.4, -0.2) is 39.5 Å². The zero-order chi connectivity index (χ0) is 14.8. The number of carboxylic acids is 1. The molecule has 7 heteroatoms. The Hall–Kier alpha value is -2.15. The fourth-order valence-corrected chi connectivity index (χ4v) is 3.29. The van der Waals surface area contributed by atoms with Gasteiger partial charge in [-0.3, -0.25) is 4.79 Å². The maximum atomic E-state index is 12.2. The van der Waals surface area contributed by atoms with E-state index in [0.717, 1.165) is 17.0 Å². The highest BCUT2D eigenvalue weighted by molar-refractivity contribution is 7.13. The Kier molecular flexibility index (Phi) is 3.74. The molecular formula is C14H14N2O4S. The van der Waals surface area contributed by atoms with Crippen LogP contribution in [-0.2, 0) is 16.0 Å². The third-order valence-corrected chi connectivity index (χ3v) is 4.45. The molecule has 110 valence electrons. The first-order valence-corrected chi connectivity index (χ1v) is 7.52. The Morgan fingerprint density at radius 1 is 1.52 bits per heavy atom. The molecule has 2 aromatic rings. The van der Waals surface area contributed by atoms with Gasteiger partial charge < -0.3 is 14.4 Å². The Morgan fingerprint density at radius 3 is 3.10 bits per heavy atom. The van der Waals surface area contributed by atoms with Crippen LogP contribution in [0.3, 0.4) is 0 Å². The lowest BCUT2D eigenvalue weighted by Gasteiger charge is -2.20. The van der Waals surface area contributed by atoms with Crippen molar-refractivity contribution in [2.45, 2.75) is 25.3 Å². The third-order valence-electron chi connectivity index (χ3n) is 3.51. The molecule has 1 N–H and O–H groups in total. The number of carbonyl (C=O) groups excluding carboxylic acids is 1. The zero-order valence-corrected chi connectivity index (χ0v) is 12.0. The Labute approximate surface area is 125 Å². The van der Waals surface area contributed by atoms with Crippen LogP contribution in [0.25, 0.3) is 10.6 Å². The lowest BCUT2D eigenvalue weighted by Crippen LogP contribution is -2.41. The fourth-order valence-electron chi connectivity index (χ4n) is 2.49. The zero-order valence-electron chi connectivity index (χ0n) is 11.2. The van der Waals surface area contributed by atoms with Crippen LogP contribution >= 0.6 is 11.3 Å². The first-order chi connectivity index (χ1) is 10.1. The van der Waals surface area contributed by atoms with E-state index >= 15 is 0 Å². The number of likely N-dealkylation sites (tertiary alicyclic amines) is 1. The third kappa shape index (κ3) is 2.82. The van der Waals surface area contributed by atoms with Crippen LogP contribution in [0.15, 0.2) is 28.4 Å². The van der Waals surface area contributed by atoms with Gasteiger partial charge in [-0.05, 0) is 18.9 Å². The van der Waals surface area contributed by atoms with Gasteiger partial charge >= 0.3 is 5.97 Å². The van der Waals surface area contributed by atoms with Crippen molar-refractivity contribution >= 4 is 23.2 Å². The maximum absolute atomic E-state index is 12.2. The number of hydrogen-bond acceptors (Lipinski definition) is 5. The summed E-state index contributed by atoms with van der Waals surface area (Å²) in [6.45, 7) is 0.508. The summed E-state index contributed by atoms with van der Waals surface area (Å²) < 4.78 is 5.01. The van der Waals surface area contributed by atoms with E-state index in [1.54, 1.807) is 12.5 Å². The van der Waals surface area contributed by atoms with Gasteiger partial charge in [-0.2, -0.15) is 0 Å². The van der Waals surface area contributed by atoms with E-state index in [2.05, 4.69) is 4.98 Å². The van der Waals surface area contributed by atoms with Gasteiger partial charge in [0.15, 0.2) is 0 Å². The monoisotopic (exact) mass is 306 g/mol. The number of carbonyl (C=O) groups is 2. The number of aromatic nitrogens is 1. The standard InChI is InChI=1S/C14H14N2O4S/c17-12(16-4-1-2-11(16)14(18)19)6-10-8-21-13(15-10)9-3-5-20-7-9/h3,5,7-8,11H,1-2,4,6H2,(H,18,19)/t11-/m1/s1. The predicted octanol–water partition coefficient (Wildman–Crippen LogP) is 2.02. The van der Waals surface area contributed by atoms with Gasteiger partial charge in [0.2, 0.25) is 5.91 Å². The topological polar surface area (TPSA) is 83.6 Å². The normalized spacial score (nSPS) is 18.1. The molecule has 1 amide bonds. The lowest BCUT2D eigenvalue weighted by molar-refractivity contribution is -0.148. The SMILES string of the molecule is O=C(O)[C@H]1CCCN1C(=O)Cc1csc(-c2ccoc2)n1. The molecule has 21 heavy (non-hydrogen) atoms. The summed E-state index contributed by atoms with van der Waals surface area (Å²) in [5, 5.41) is 11.7.